The standard InChI is InChI=1S/C18H12F3N3O/c19-10-1-4-12(5-2-10)24-18-15(9-22-24)14(8-17(25)23-18)13-6-3-11(20)7-16(13)21/h1-7,9,14H,8H2,(H,23,25)/t14-/m0/s1. The second kappa shape index (κ2) is 5.77. The molecule has 3 aromatic rings. The number of hydrogen-bond acceptors (Lipinski definition) is 2. The van der Waals surface area contributed by atoms with Gasteiger partial charge in [-0.3, -0.25) is 4.79 Å². The van der Waals surface area contributed by atoms with E-state index in [1.165, 1.54) is 41.2 Å². The first-order chi connectivity index (χ1) is 12.0. The van der Waals surface area contributed by atoms with Crippen molar-refractivity contribution in [3.8, 4) is 5.69 Å². The minimum absolute atomic E-state index is 0.0324. The van der Waals surface area contributed by atoms with E-state index < -0.39 is 17.6 Å². The third-order valence-electron chi connectivity index (χ3n) is 4.23. The molecule has 2 heterocycles. The molecule has 0 bridgehead atoms. The SMILES string of the molecule is O=C1C[C@@H](c2ccc(F)cc2F)c2cnn(-c3ccc(F)cc3)c2N1. The third-order valence-corrected chi connectivity index (χ3v) is 4.23. The highest BCUT2D eigenvalue weighted by Gasteiger charge is 2.32. The lowest BCUT2D eigenvalue weighted by atomic mass is 9.87. The lowest BCUT2D eigenvalue weighted by Gasteiger charge is -2.24. The number of fused-ring (bicyclic) bond motifs is 1. The van der Waals surface area contributed by atoms with Gasteiger partial charge in [0.15, 0.2) is 0 Å². The number of benzene rings is 2. The Kier molecular flexibility index (Phi) is 3.56. The Bertz CT molecular complexity index is 966. The molecule has 1 aromatic heterocycles. The molecule has 1 N–H and O–H groups in total. The summed E-state index contributed by atoms with van der Waals surface area (Å²) in [5, 5.41) is 6.96. The molecule has 0 spiro atoms. The third kappa shape index (κ3) is 2.67. The quantitative estimate of drug-likeness (QED) is 0.770. The molecule has 2 aromatic carbocycles. The van der Waals surface area contributed by atoms with Crippen molar-refractivity contribution in [2.75, 3.05) is 5.32 Å². The summed E-state index contributed by atoms with van der Waals surface area (Å²) in [5.41, 5.74) is 1.41. The predicted octanol–water partition coefficient (Wildman–Crippen LogP) is 3.76. The van der Waals surface area contributed by atoms with Gasteiger partial charge in [-0.2, -0.15) is 5.10 Å². The number of carbonyl (C=O) groups excluding carboxylic acids is 1. The molecule has 25 heavy (non-hydrogen) atoms. The Labute approximate surface area is 140 Å². The largest absolute Gasteiger partial charge is 0.310 e. The van der Waals surface area contributed by atoms with Crippen molar-refractivity contribution in [3.05, 3.63) is 77.2 Å². The Balaban J connectivity index is 1.82. The van der Waals surface area contributed by atoms with E-state index in [0.29, 0.717) is 17.1 Å². The van der Waals surface area contributed by atoms with E-state index >= 15 is 0 Å². The van der Waals surface area contributed by atoms with Crippen molar-refractivity contribution >= 4 is 11.7 Å². The number of nitrogens with zero attached hydrogens (tertiary/aromatic N) is 2. The van der Waals surface area contributed by atoms with Crippen LogP contribution in [0.1, 0.15) is 23.5 Å². The summed E-state index contributed by atoms with van der Waals surface area (Å²) in [6.45, 7) is 0. The molecule has 0 aliphatic carbocycles. The van der Waals surface area contributed by atoms with Gasteiger partial charge in [-0.1, -0.05) is 6.07 Å². The second-order valence-corrected chi connectivity index (χ2v) is 5.81. The molecule has 126 valence electrons. The van der Waals surface area contributed by atoms with E-state index in [0.717, 1.165) is 12.1 Å². The average molecular weight is 343 g/mol. The summed E-state index contributed by atoms with van der Waals surface area (Å²) in [6, 6.07) is 8.91. The van der Waals surface area contributed by atoms with Crippen molar-refractivity contribution in [2.45, 2.75) is 12.3 Å². The van der Waals surface area contributed by atoms with Gasteiger partial charge < -0.3 is 5.32 Å². The monoisotopic (exact) mass is 343 g/mol. The topological polar surface area (TPSA) is 46.9 Å². The number of rotatable bonds is 2. The number of amides is 1. The molecule has 0 unspecified atom stereocenters. The number of carbonyl (C=O) groups is 1. The van der Waals surface area contributed by atoms with Gasteiger partial charge in [-0.25, -0.2) is 17.9 Å². The van der Waals surface area contributed by atoms with Gasteiger partial charge >= 0.3 is 0 Å². The molecule has 4 nitrogen and oxygen atoms in total. The van der Waals surface area contributed by atoms with Gasteiger partial charge in [-0.05, 0) is 35.9 Å². The average Bonchev–Trinajstić information content (AvgIpc) is 2.99. The number of halogens is 3. The minimum atomic E-state index is -0.708. The maximum atomic E-state index is 14.2. The Morgan fingerprint density at radius 3 is 2.44 bits per heavy atom. The molecule has 0 fully saturated rings. The van der Waals surface area contributed by atoms with E-state index in [2.05, 4.69) is 10.4 Å². The maximum absolute atomic E-state index is 14.2. The Morgan fingerprint density at radius 1 is 1.00 bits per heavy atom. The summed E-state index contributed by atoms with van der Waals surface area (Å²) in [4.78, 5) is 12.1. The fourth-order valence-corrected chi connectivity index (χ4v) is 3.06. The van der Waals surface area contributed by atoms with Crippen molar-refractivity contribution in [1.29, 1.82) is 0 Å². The Morgan fingerprint density at radius 2 is 1.72 bits per heavy atom. The van der Waals surface area contributed by atoms with Crippen LogP contribution in [0.4, 0.5) is 19.0 Å². The highest BCUT2D eigenvalue weighted by atomic mass is 19.1. The van der Waals surface area contributed by atoms with Crippen molar-refractivity contribution in [2.24, 2.45) is 0 Å². The summed E-state index contributed by atoms with van der Waals surface area (Å²) in [6.07, 6.45) is 1.57. The molecule has 1 aliphatic heterocycles. The molecule has 0 radical (unpaired) electrons. The zero-order valence-electron chi connectivity index (χ0n) is 12.8. The summed E-state index contributed by atoms with van der Waals surface area (Å²) in [5.74, 6) is -2.25. The van der Waals surface area contributed by atoms with Crippen molar-refractivity contribution in [3.63, 3.8) is 0 Å². The number of nitrogens with one attached hydrogen (secondary N) is 1. The fourth-order valence-electron chi connectivity index (χ4n) is 3.06. The highest BCUT2D eigenvalue weighted by molar-refractivity contribution is 5.94. The van der Waals surface area contributed by atoms with E-state index in [1.807, 2.05) is 0 Å². The first-order valence-electron chi connectivity index (χ1n) is 7.61. The summed E-state index contributed by atoms with van der Waals surface area (Å²) >= 11 is 0. The molecule has 1 aliphatic rings. The van der Waals surface area contributed by atoms with Crippen LogP contribution in [0, 0.1) is 17.5 Å². The first-order valence-corrected chi connectivity index (χ1v) is 7.61. The van der Waals surface area contributed by atoms with E-state index in [9.17, 15) is 18.0 Å². The van der Waals surface area contributed by atoms with Crippen LogP contribution < -0.4 is 5.32 Å². The van der Waals surface area contributed by atoms with Crippen LogP contribution in [-0.4, -0.2) is 15.7 Å². The van der Waals surface area contributed by atoms with Gasteiger partial charge in [0.1, 0.15) is 23.3 Å². The van der Waals surface area contributed by atoms with Crippen molar-refractivity contribution < 1.29 is 18.0 Å². The van der Waals surface area contributed by atoms with E-state index in [1.54, 1.807) is 0 Å². The lowest BCUT2D eigenvalue weighted by molar-refractivity contribution is -0.116. The van der Waals surface area contributed by atoms with Gasteiger partial charge in [-0.15, -0.1) is 0 Å². The molecule has 0 saturated heterocycles. The van der Waals surface area contributed by atoms with E-state index in [-0.39, 0.29) is 23.7 Å². The van der Waals surface area contributed by atoms with Gasteiger partial charge in [0.2, 0.25) is 5.91 Å². The maximum Gasteiger partial charge on any atom is 0.226 e. The molecular formula is C18H12F3N3O. The summed E-state index contributed by atoms with van der Waals surface area (Å²) < 4.78 is 41.9. The van der Waals surface area contributed by atoms with Crippen LogP contribution in [0.2, 0.25) is 0 Å². The number of aromatic nitrogens is 2. The molecule has 4 rings (SSSR count). The lowest BCUT2D eigenvalue weighted by Crippen LogP contribution is -2.25. The van der Waals surface area contributed by atoms with Crippen LogP contribution >= 0.6 is 0 Å². The van der Waals surface area contributed by atoms with Gasteiger partial charge in [0.05, 0.1) is 11.9 Å². The Hall–Kier alpha value is -3.09. The number of hydrogen-bond donors (Lipinski definition) is 1. The zero-order chi connectivity index (χ0) is 17.6. The molecule has 1 atom stereocenters. The van der Waals surface area contributed by atoms with Crippen LogP contribution in [0.5, 0.6) is 0 Å². The predicted molar refractivity (Wildman–Crippen MR) is 85.0 cm³/mol. The van der Waals surface area contributed by atoms with Crippen LogP contribution in [-0.2, 0) is 4.79 Å². The van der Waals surface area contributed by atoms with E-state index in [4.69, 9.17) is 0 Å². The van der Waals surface area contributed by atoms with Gasteiger partial charge in [0.25, 0.3) is 0 Å². The first kappa shape index (κ1) is 15.4. The fraction of sp³-hybridized carbons (Fsp3) is 0.111. The van der Waals surface area contributed by atoms with Crippen molar-refractivity contribution in [1.82, 2.24) is 9.78 Å². The number of anilines is 1. The van der Waals surface area contributed by atoms with Crippen LogP contribution in [0.3, 0.4) is 0 Å². The highest BCUT2D eigenvalue weighted by Crippen LogP contribution is 2.39. The molecule has 0 saturated carbocycles. The minimum Gasteiger partial charge on any atom is -0.310 e. The van der Waals surface area contributed by atoms with Crippen LogP contribution in [0.15, 0.2) is 48.7 Å². The second-order valence-electron chi connectivity index (χ2n) is 5.81. The molecule has 1 amide bonds. The van der Waals surface area contributed by atoms with Gasteiger partial charge in [0, 0.05) is 24.0 Å². The molecular weight excluding hydrogens is 331 g/mol. The molecule has 7 heteroatoms. The summed E-state index contributed by atoms with van der Waals surface area (Å²) in [7, 11) is 0. The normalized spacial score (nSPS) is 16.4. The van der Waals surface area contributed by atoms with Crippen LogP contribution in [0.25, 0.3) is 5.69 Å². The smallest absolute Gasteiger partial charge is 0.226 e. The zero-order valence-corrected chi connectivity index (χ0v) is 12.8.